The maximum atomic E-state index is 12.1. The van der Waals surface area contributed by atoms with Crippen LogP contribution < -0.4 is 10.6 Å². The first-order chi connectivity index (χ1) is 9.95. The van der Waals surface area contributed by atoms with E-state index in [2.05, 4.69) is 30.5 Å². The smallest absolute Gasteiger partial charge is 0.241 e. The number of aryl methyl sites for hydroxylation is 3. The van der Waals surface area contributed by atoms with Crippen LogP contribution in [-0.4, -0.2) is 11.9 Å². The number of rotatable bonds is 5. The fourth-order valence-electron chi connectivity index (χ4n) is 1.97. The lowest BCUT2D eigenvalue weighted by Gasteiger charge is -2.13. The molecule has 0 aliphatic heterocycles. The van der Waals surface area contributed by atoms with E-state index in [-0.39, 0.29) is 11.9 Å². The lowest BCUT2D eigenvalue weighted by atomic mass is 10.2. The summed E-state index contributed by atoms with van der Waals surface area (Å²) in [5, 5.41) is 6.19. The second kappa shape index (κ2) is 6.87. The van der Waals surface area contributed by atoms with E-state index in [1.54, 1.807) is 11.3 Å². The number of thiophene rings is 1. The van der Waals surface area contributed by atoms with Crippen molar-refractivity contribution in [1.82, 2.24) is 5.32 Å². The number of benzene rings is 1. The van der Waals surface area contributed by atoms with Gasteiger partial charge >= 0.3 is 0 Å². The highest BCUT2D eigenvalue weighted by atomic mass is 32.1. The third-order valence-electron chi connectivity index (χ3n) is 3.51. The minimum Gasteiger partial charge on any atom is -0.325 e. The summed E-state index contributed by atoms with van der Waals surface area (Å²) < 4.78 is 0. The van der Waals surface area contributed by atoms with Gasteiger partial charge in [0.2, 0.25) is 5.91 Å². The Labute approximate surface area is 130 Å². The Morgan fingerprint density at radius 1 is 1.19 bits per heavy atom. The molecular weight excluding hydrogens is 280 g/mol. The van der Waals surface area contributed by atoms with E-state index in [9.17, 15) is 4.79 Å². The van der Waals surface area contributed by atoms with Gasteiger partial charge < -0.3 is 10.6 Å². The molecule has 21 heavy (non-hydrogen) atoms. The maximum Gasteiger partial charge on any atom is 0.241 e. The van der Waals surface area contributed by atoms with Gasteiger partial charge in [-0.05, 0) is 51.5 Å². The van der Waals surface area contributed by atoms with Gasteiger partial charge in [0.25, 0.3) is 0 Å². The lowest BCUT2D eigenvalue weighted by molar-refractivity contribution is -0.117. The molecule has 1 unspecified atom stereocenters. The number of anilines is 1. The highest BCUT2D eigenvalue weighted by molar-refractivity contribution is 7.12. The van der Waals surface area contributed by atoms with E-state index in [0.717, 1.165) is 12.2 Å². The summed E-state index contributed by atoms with van der Waals surface area (Å²) in [5.41, 5.74) is 3.33. The van der Waals surface area contributed by atoms with Crippen LogP contribution in [0.2, 0.25) is 0 Å². The summed E-state index contributed by atoms with van der Waals surface area (Å²) in [6.07, 6.45) is 0. The Hall–Kier alpha value is -1.65. The number of hydrogen-bond acceptors (Lipinski definition) is 3. The largest absolute Gasteiger partial charge is 0.325 e. The summed E-state index contributed by atoms with van der Waals surface area (Å²) >= 11 is 1.78. The third-order valence-corrected chi connectivity index (χ3v) is 4.66. The highest BCUT2D eigenvalue weighted by Gasteiger charge is 2.13. The van der Waals surface area contributed by atoms with Crippen LogP contribution in [0.1, 0.15) is 27.8 Å². The van der Waals surface area contributed by atoms with E-state index in [1.165, 1.54) is 20.9 Å². The first-order valence-corrected chi connectivity index (χ1v) is 7.94. The molecule has 1 aromatic carbocycles. The summed E-state index contributed by atoms with van der Waals surface area (Å²) in [6.45, 7) is 8.87. The normalized spacial score (nSPS) is 12.2. The molecule has 0 spiro atoms. The van der Waals surface area contributed by atoms with Crippen molar-refractivity contribution >= 4 is 22.9 Å². The number of amides is 1. The van der Waals surface area contributed by atoms with Crippen molar-refractivity contribution < 1.29 is 4.79 Å². The Bertz CT molecular complexity index is 597. The molecule has 1 amide bonds. The zero-order valence-electron chi connectivity index (χ0n) is 13.0. The van der Waals surface area contributed by atoms with Gasteiger partial charge in [0.15, 0.2) is 0 Å². The third kappa shape index (κ3) is 4.41. The molecule has 0 fully saturated rings. The molecule has 0 aliphatic carbocycles. The van der Waals surface area contributed by atoms with Crippen molar-refractivity contribution in [2.75, 3.05) is 5.32 Å². The van der Waals surface area contributed by atoms with Gasteiger partial charge in [-0.1, -0.05) is 17.7 Å². The second-order valence-corrected chi connectivity index (χ2v) is 6.75. The highest BCUT2D eigenvalue weighted by Crippen LogP contribution is 2.20. The molecule has 0 saturated heterocycles. The van der Waals surface area contributed by atoms with Crippen LogP contribution in [0.5, 0.6) is 0 Å². The maximum absolute atomic E-state index is 12.1. The van der Waals surface area contributed by atoms with Crippen molar-refractivity contribution in [2.45, 2.75) is 40.3 Å². The van der Waals surface area contributed by atoms with Crippen molar-refractivity contribution in [3.05, 3.63) is 51.2 Å². The Morgan fingerprint density at radius 2 is 1.86 bits per heavy atom. The quantitative estimate of drug-likeness (QED) is 0.882. The predicted molar refractivity (Wildman–Crippen MR) is 89.9 cm³/mol. The first kappa shape index (κ1) is 15.7. The van der Waals surface area contributed by atoms with Gasteiger partial charge in [-0.25, -0.2) is 0 Å². The van der Waals surface area contributed by atoms with E-state index < -0.39 is 0 Å². The van der Waals surface area contributed by atoms with Gasteiger partial charge in [-0.15, -0.1) is 11.3 Å². The van der Waals surface area contributed by atoms with Crippen molar-refractivity contribution in [3.63, 3.8) is 0 Å². The van der Waals surface area contributed by atoms with Gasteiger partial charge in [-0.3, -0.25) is 4.79 Å². The summed E-state index contributed by atoms with van der Waals surface area (Å²) in [7, 11) is 0. The molecule has 1 heterocycles. The molecule has 3 nitrogen and oxygen atoms in total. The van der Waals surface area contributed by atoms with Crippen LogP contribution >= 0.6 is 11.3 Å². The summed E-state index contributed by atoms with van der Waals surface area (Å²) in [6, 6.07) is 9.78. The Kier molecular flexibility index (Phi) is 5.15. The molecule has 4 heteroatoms. The average Bonchev–Trinajstić information content (AvgIpc) is 2.77. The molecule has 0 saturated carbocycles. The lowest BCUT2D eigenvalue weighted by Crippen LogP contribution is -2.37. The monoisotopic (exact) mass is 302 g/mol. The molecule has 1 atom stereocenters. The molecule has 1 aromatic heterocycles. The molecular formula is C17H22N2OS. The minimum atomic E-state index is -0.228. The molecule has 2 aromatic rings. The molecule has 0 bridgehead atoms. The fourth-order valence-corrected chi connectivity index (χ4v) is 2.98. The topological polar surface area (TPSA) is 41.1 Å². The SMILES string of the molecule is Cc1ccc(NC(=O)C(C)NCc2cc(C)c(C)s2)cc1. The van der Waals surface area contributed by atoms with Crippen LogP contribution in [0.25, 0.3) is 0 Å². The molecule has 0 radical (unpaired) electrons. The summed E-state index contributed by atoms with van der Waals surface area (Å²) in [5.74, 6) is -0.0103. The Morgan fingerprint density at radius 3 is 2.43 bits per heavy atom. The van der Waals surface area contributed by atoms with Crippen molar-refractivity contribution in [3.8, 4) is 0 Å². The molecule has 2 rings (SSSR count). The zero-order chi connectivity index (χ0) is 15.4. The van der Waals surface area contributed by atoms with E-state index in [4.69, 9.17) is 0 Å². The van der Waals surface area contributed by atoms with Crippen LogP contribution in [0.15, 0.2) is 30.3 Å². The van der Waals surface area contributed by atoms with E-state index in [0.29, 0.717) is 0 Å². The van der Waals surface area contributed by atoms with Crippen molar-refractivity contribution in [1.29, 1.82) is 0 Å². The first-order valence-electron chi connectivity index (χ1n) is 7.12. The van der Waals surface area contributed by atoms with Crippen molar-refractivity contribution in [2.24, 2.45) is 0 Å². The second-order valence-electron chi connectivity index (χ2n) is 5.41. The predicted octanol–water partition coefficient (Wildman–Crippen LogP) is 3.79. The van der Waals surface area contributed by atoms with Crippen LogP contribution in [-0.2, 0) is 11.3 Å². The van der Waals surface area contributed by atoms with Gasteiger partial charge in [0.1, 0.15) is 0 Å². The molecule has 2 N–H and O–H groups in total. The van der Waals surface area contributed by atoms with Crippen LogP contribution in [0.4, 0.5) is 5.69 Å². The van der Waals surface area contributed by atoms with E-state index >= 15 is 0 Å². The number of nitrogens with one attached hydrogen (secondary N) is 2. The number of hydrogen-bond donors (Lipinski definition) is 2. The molecule has 0 aliphatic rings. The standard InChI is InChI=1S/C17H22N2OS/c1-11-5-7-15(8-6-11)19-17(20)13(3)18-10-16-9-12(2)14(4)21-16/h5-9,13,18H,10H2,1-4H3,(H,19,20). The minimum absolute atomic E-state index is 0.0103. The average molecular weight is 302 g/mol. The summed E-state index contributed by atoms with van der Waals surface area (Å²) in [4.78, 5) is 14.7. The zero-order valence-corrected chi connectivity index (χ0v) is 13.8. The fraction of sp³-hybridized carbons (Fsp3) is 0.353. The van der Waals surface area contributed by atoms with Gasteiger partial charge in [-0.2, -0.15) is 0 Å². The van der Waals surface area contributed by atoms with Crippen LogP contribution in [0.3, 0.4) is 0 Å². The number of carbonyl (C=O) groups is 1. The van der Waals surface area contributed by atoms with Crippen LogP contribution in [0, 0.1) is 20.8 Å². The Balaban J connectivity index is 1.86. The molecule has 112 valence electrons. The van der Waals surface area contributed by atoms with Gasteiger partial charge in [0, 0.05) is 22.0 Å². The van der Waals surface area contributed by atoms with Gasteiger partial charge in [0.05, 0.1) is 6.04 Å². The number of carbonyl (C=O) groups excluding carboxylic acids is 1. The van der Waals surface area contributed by atoms with E-state index in [1.807, 2.05) is 38.1 Å².